The van der Waals surface area contributed by atoms with Gasteiger partial charge in [0, 0.05) is 30.1 Å². The van der Waals surface area contributed by atoms with Gasteiger partial charge in [-0.3, -0.25) is 4.79 Å². The summed E-state index contributed by atoms with van der Waals surface area (Å²) in [6.07, 6.45) is 7.84. The monoisotopic (exact) mass is 473 g/mol. The molecule has 7 nitrogen and oxygen atoms in total. The van der Waals surface area contributed by atoms with E-state index >= 15 is 0 Å². The lowest BCUT2D eigenvalue weighted by molar-refractivity contribution is 0.0790. The van der Waals surface area contributed by atoms with Gasteiger partial charge in [0.25, 0.3) is 5.91 Å². The van der Waals surface area contributed by atoms with Crippen LogP contribution in [0.15, 0.2) is 45.8 Å². The molecule has 0 atom stereocenters. The van der Waals surface area contributed by atoms with Crippen molar-refractivity contribution in [3.05, 3.63) is 52.2 Å². The molecule has 2 fully saturated rings. The van der Waals surface area contributed by atoms with Crippen LogP contribution in [0.4, 0.5) is 4.39 Å². The molecule has 1 aromatic rings. The van der Waals surface area contributed by atoms with Gasteiger partial charge in [-0.05, 0) is 50.8 Å². The first-order valence-electron chi connectivity index (χ1n) is 11.4. The number of carbonyl (C=O) groups excluding carboxylic acids is 1. The number of nitrogens with one attached hydrogen (secondary N) is 3. The average Bonchev–Trinajstić information content (AvgIpc) is 3.20. The Morgan fingerprint density at radius 2 is 2.12 bits per heavy atom. The first-order chi connectivity index (χ1) is 15.9. The molecule has 1 amide bonds. The van der Waals surface area contributed by atoms with E-state index in [1.807, 2.05) is 0 Å². The Labute approximate surface area is 198 Å². The number of nitrogens with zero attached hydrogens (tertiary/aromatic N) is 2. The first-order valence-corrected chi connectivity index (χ1v) is 11.8. The second-order valence-electron chi connectivity index (χ2n) is 8.58. The largest absolute Gasteiger partial charge is 0.489 e. The zero-order chi connectivity index (χ0) is 23.4. The number of amides is 1. The predicted octanol–water partition coefficient (Wildman–Crippen LogP) is 3.96. The fourth-order valence-corrected chi connectivity index (χ4v) is 4.45. The van der Waals surface area contributed by atoms with Crippen LogP contribution in [-0.4, -0.2) is 54.5 Å². The number of benzene rings is 1. The zero-order valence-corrected chi connectivity index (χ0v) is 19.4. The van der Waals surface area contributed by atoms with Gasteiger partial charge in [0.15, 0.2) is 0 Å². The number of allylic oxidation sites excluding steroid dienone is 1. The van der Waals surface area contributed by atoms with E-state index < -0.39 is 5.82 Å². The van der Waals surface area contributed by atoms with Crippen LogP contribution in [0.1, 0.15) is 49.4 Å². The van der Waals surface area contributed by atoms with Crippen LogP contribution in [0.3, 0.4) is 0 Å². The summed E-state index contributed by atoms with van der Waals surface area (Å²) in [5.74, 6) is 0.0306. The Morgan fingerprint density at radius 1 is 1.33 bits per heavy atom. The first kappa shape index (κ1) is 23.4. The van der Waals surface area contributed by atoms with Crippen molar-refractivity contribution in [3.63, 3.8) is 0 Å². The summed E-state index contributed by atoms with van der Waals surface area (Å²) < 4.78 is 20.2. The summed E-state index contributed by atoms with van der Waals surface area (Å²) in [6.45, 7) is 3.54. The van der Waals surface area contributed by atoms with Gasteiger partial charge in [0.05, 0.1) is 35.5 Å². The van der Waals surface area contributed by atoms with Crippen molar-refractivity contribution in [1.29, 1.82) is 5.41 Å². The third kappa shape index (κ3) is 5.62. The van der Waals surface area contributed by atoms with E-state index in [-0.39, 0.29) is 30.9 Å². The summed E-state index contributed by atoms with van der Waals surface area (Å²) in [5.41, 5.74) is 1.24. The SMILES string of the molecule is CCCN[C@H]1CC[C@@H](Oc2cc(F)ccc2C(=O)N2CC(=N)/C(=C3/N=CC(Cl)=CN3)C2)CC1. The Balaban J connectivity index is 1.45. The van der Waals surface area contributed by atoms with E-state index in [1.54, 1.807) is 11.1 Å². The number of aliphatic imine (C=N–C) groups is 1. The van der Waals surface area contributed by atoms with Gasteiger partial charge in [-0.2, -0.15) is 0 Å². The van der Waals surface area contributed by atoms with E-state index in [0.29, 0.717) is 33.7 Å². The Morgan fingerprint density at radius 3 is 2.82 bits per heavy atom. The Kier molecular flexibility index (Phi) is 7.45. The zero-order valence-electron chi connectivity index (χ0n) is 18.7. The standard InChI is InChI=1S/C24H29ClFN5O2/c1-2-9-28-17-4-6-18(7-5-17)33-22-10-16(26)3-8-19(22)24(32)31-13-20(21(27)14-31)23-29-11-15(25)12-30-23/h3,8,10-12,17-18,27-29H,2,4-7,9,13-14H2,1H3/b23-20+,27-21?/t17-,18+. The van der Waals surface area contributed by atoms with Crippen LogP contribution in [-0.2, 0) is 0 Å². The van der Waals surface area contributed by atoms with E-state index in [1.165, 1.54) is 24.4 Å². The molecule has 0 bridgehead atoms. The molecular formula is C24H29ClFN5O2. The number of halogens is 2. The van der Waals surface area contributed by atoms with Gasteiger partial charge in [-0.1, -0.05) is 18.5 Å². The summed E-state index contributed by atoms with van der Waals surface area (Å²) in [7, 11) is 0. The summed E-state index contributed by atoms with van der Waals surface area (Å²) >= 11 is 5.89. The van der Waals surface area contributed by atoms with Crippen molar-refractivity contribution in [3.8, 4) is 5.75 Å². The molecule has 176 valence electrons. The quantitative estimate of drug-likeness (QED) is 0.583. The molecule has 3 aliphatic rings. The lowest BCUT2D eigenvalue weighted by atomic mass is 9.93. The molecule has 0 spiro atoms. The Hall–Kier alpha value is -2.71. The molecule has 0 unspecified atom stereocenters. The molecule has 0 radical (unpaired) electrons. The molecule has 1 saturated carbocycles. The molecule has 2 heterocycles. The van der Waals surface area contributed by atoms with Crippen molar-refractivity contribution in [1.82, 2.24) is 15.5 Å². The third-order valence-electron chi connectivity index (χ3n) is 6.12. The number of hydrogen-bond acceptors (Lipinski definition) is 6. The fourth-order valence-electron chi connectivity index (χ4n) is 4.35. The molecule has 1 aliphatic carbocycles. The minimum Gasteiger partial charge on any atom is -0.489 e. The highest BCUT2D eigenvalue weighted by Crippen LogP contribution is 2.29. The highest BCUT2D eigenvalue weighted by molar-refractivity contribution is 6.39. The van der Waals surface area contributed by atoms with Crippen LogP contribution in [0.2, 0.25) is 0 Å². The molecule has 0 aromatic heterocycles. The second-order valence-corrected chi connectivity index (χ2v) is 9.02. The molecular weight excluding hydrogens is 445 g/mol. The van der Waals surface area contributed by atoms with Gasteiger partial charge in [-0.25, -0.2) is 9.38 Å². The maximum Gasteiger partial charge on any atom is 0.258 e. The molecule has 4 rings (SSSR count). The Bertz CT molecular complexity index is 1010. The maximum absolute atomic E-state index is 14.0. The molecule has 9 heteroatoms. The molecule has 3 N–H and O–H groups in total. The number of hydrogen-bond donors (Lipinski definition) is 3. The predicted molar refractivity (Wildman–Crippen MR) is 128 cm³/mol. The summed E-state index contributed by atoms with van der Waals surface area (Å²) in [4.78, 5) is 19.1. The normalized spacial score (nSPS) is 25.1. The number of rotatable bonds is 6. The second kappa shape index (κ2) is 10.5. The van der Waals surface area contributed by atoms with Crippen LogP contribution in [0.5, 0.6) is 5.75 Å². The average molecular weight is 474 g/mol. The summed E-state index contributed by atoms with van der Waals surface area (Å²) in [5, 5.41) is 15.3. The third-order valence-corrected chi connectivity index (χ3v) is 6.33. The van der Waals surface area contributed by atoms with Crippen LogP contribution >= 0.6 is 11.6 Å². The van der Waals surface area contributed by atoms with Crippen molar-refractivity contribution >= 4 is 29.4 Å². The van der Waals surface area contributed by atoms with E-state index in [2.05, 4.69) is 22.5 Å². The van der Waals surface area contributed by atoms with Crippen molar-refractivity contribution in [2.24, 2.45) is 4.99 Å². The highest BCUT2D eigenvalue weighted by atomic mass is 35.5. The lowest BCUT2D eigenvalue weighted by Gasteiger charge is -2.30. The minimum absolute atomic E-state index is 0.0510. The minimum atomic E-state index is -0.443. The van der Waals surface area contributed by atoms with Crippen LogP contribution in [0, 0.1) is 11.2 Å². The molecule has 2 aliphatic heterocycles. The molecule has 33 heavy (non-hydrogen) atoms. The smallest absolute Gasteiger partial charge is 0.258 e. The van der Waals surface area contributed by atoms with Gasteiger partial charge in [0.2, 0.25) is 0 Å². The van der Waals surface area contributed by atoms with Crippen LogP contribution < -0.4 is 15.4 Å². The van der Waals surface area contributed by atoms with Crippen molar-refractivity contribution < 1.29 is 13.9 Å². The molecule has 1 aromatic carbocycles. The highest BCUT2D eigenvalue weighted by Gasteiger charge is 2.32. The van der Waals surface area contributed by atoms with Gasteiger partial charge in [-0.15, -0.1) is 0 Å². The van der Waals surface area contributed by atoms with Crippen LogP contribution in [0.25, 0.3) is 0 Å². The fraction of sp³-hybridized carbons (Fsp3) is 0.458. The lowest BCUT2D eigenvalue weighted by Crippen LogP contribution is -2.37. The van der Waals surface area contributed by atoms with Crippen molar-refractivity contribution in [2.75, 3.05) is 19.6 Å². The molecule has 1 saturated heterocycles. The maximum atomic E-state index is 14.0. The number of ether oxygens (including phenoxy) is 1. The van der Waals surface area contributed by atoms with E-state index in [0.717, 1.165) is 38.6 Å². The van der Waals surface area contributed by atoms with Gasteiger partial charge >= 0.3 is 0 Å². The summed E-state index contributed by atoms with van der Waals surface area (Å²) in [6, 6.07) is 4.51. The van der Waals surface area contributed by atoms with Gasteiger partial charge < -0.3 is 25.7 Å². The van der Waals surface area contributed by atoms with Gasteiger partial charge in [0.1, 0.15) is 17.4 Å². The van der Waals surface area contributed by atoms with E-state index in [4.69, 9.17) is 21.7 Å². The van der Waals surface area contributed by atoms with Crippen molar-refractivity contribution in [2.45, 2.75) is 51.2 Å². The van der Waals surface area contributed by atoms with E-state index in [9.17, 15) is 9.18 Å². The number of likely N-dealkylation sites (tertiary alicyclic amines) is 1. The topological polar surface area (TPSA) is 89.8 Å². The number of carbonyl (C=O) groups is 1.